The van der Waals surface area contributed by atoms with E-state index in [2.05, 4.69) is 4.98 Å². The zero-order valence-electron chi connectivity index (χ0n) is 14.5. The summed E-state index contributed by atoms with van der Waals surface area (Å²) >= 11 is 0. The van der Waals surface area contributed by atoms with Gasteiger partial charge in [0, 0.05) is 17.5 Å². The Morgan fingerprint density at radius 1 is 1.25 bits per heavy atom. The Morgan fingerprint density at radius 2 is 2.00 bits per heavy atom. The van der Waals surface area contributed by atoms with E-state index in [1.54, 1.807) is 13.0 Å². The number of rotatable bonds is 1. The largest absolute Gasteiger partial charge is 0.504 e. The zero-order chi connectivity index (χ0) is 20.3. The number of pyridine rings is 1. The minimum atomic E-state index is -4.70. The van der Waals surface area contributed by atoms with Crippen LogP contribution in [0.2, 0.25) is 0 Å². The van der Waals surface area contributed by atoms with E-state index in [-0.39, 0.29) is 22.6 Å². The molecule has 28 heavy (non-hydrogen) atoms. The van der Waals surface area contributed by atoms with Crippen LogP contribution in [-0.4, -0.2) is 15.2 Å². The zero-order valence-corrected chi connectivity index (χ0v) is 14.5. The quantitative estimate of drug-likeness (QED) is 0.736. The second-order valence-corrected chi connectivity index (χ2v) is 6.91. The Hall–Kier alpha value is -3.29. The maximum absolute atomic E-state index is 13.4. The van der Waals surface area contributed by atoms with E-state index < -0.39 is 40.0 Å². The number of alkyl halides is 3. The highest BCUT2D eigenvalue weighted by molar-refractivity contribution is 5.67. The van der Waals surface area contributed by atoms with Crippen LogP contribution in [0.15, 0.2) is 63.6 Å². The van der Waals surface area contributed by atoms with Crippen LogP contribution in [0.1, 0.15) is 29.7 Å². The molecule has 0 amide bonds. The molecule has 2 aliphatic rings. The molecular weight excluding hydrogens is 375 g/mol. The van der Waals surface area contributed by atoms with Gasteiger partial charge >= 0.3 is 6.18 Å². The van der Waals surface area contributed by atoms with Crippen LogP contribution in [0.4, 0.5) is 13.2 Å². The number of aliphatic hydroxyl groups is 2. The highest BCUT2D eigenvalue weighted by atomic mass is 19.4. The van der Waals surface area contributed by atoms with Crippen molar-refractivity contribution in [2.24, 2.45) is 5.41 Å². The topological polar surface area (TPSA) is 83.6 Å². The lowest BCUT2D eigenvalue weighted by atomic mass is 9.67. The molecular formula is C20H14F3NO4. The summed E-state index contributed by atoms with van der Waals surface area (Å²) in [5.74, 6) is -1.30. The van der Waals surface area contributed by atoms with E-state index in [0.717, 1.165) is 18.4 Å². The first-order valence-electron chi connectivity index (χ1n) is 8.32. The van der Waals surface area contributed by atoms with Crippen molar-refractivity contribution < 1.29 is 27.8 Å². The molecule has 4 rings (SSSR count). The number of fused-ring (bicyclic) bond motifs is 3. The molecule has 0 saturated heterocycles. The lowest BCUT2D eigenvalue weighted by molar-refractivity contribution is -0.137. The van der Waals surface area contributed by atoms with Gasteiger partial charge in [-0.05, 0) is 30.4 Å². The standard InChI is InChI=1S/C20H14F3NO4/c1-19-5-4-15-16(12(19)7-13(25)14(26)8-19)18(27)10(9-28-15)17-11(20(21,22)23)3-2-6-24-17/h2-9,12,25-26H,1H3. The number of nitrogens with zero attached hydrogens (tertiary/aromatic N) is 1. The van der Waals surface area contributed by atoms with E-state index in [4.69, 9.17) is 4.42 Å². The average Bonchev–Trinajstić information content (AvgIpc) is 2.63. The maximum Gasteiger partial charge on any atom is 0.418 e. The van der Waals surface area contributed by atoms with Crippen LogP contribution in [0.5, 0.6) is 0 Å². The van der Waals surface area contributed by atoms with E-state index >= 15 is 0 Å². The molecule has 0 spiro atoms. The van der Waals surface area contributed by atoms with Crippen molar-refractivity contribution in [1.82, 2.24) is 4.98 Å². The van der Waals surface area contributed by atoms with E-state index in [1.165, 1.54) is 24.4 Å². The molecule has 0 fully saturated rings. The molecule has 2 unspecified atom stereocenters. The first kappa shape index (κ1) is 18.1. The lowest BCUT2D eigenvalue weighted by Gasteiger charge is -2.36. The number of aliphatic hydroxyl groups excluding tert-OH is 2. The molecule has 2 N–H and O–H groups in total. The molecule has 2 atom stereocenters. The van der Waals surface area contributed by atoms with Crippen LogP contribution in [-0.2, 0) is 6.18 Å². The van der Waals surface area contributed by atoms with Crippen molar-refractivity contribution in [2.45, 2.75) is 19.0 Å². The first-order chi connectivity index (χ1) is 13.1. The van der Waals surface area contributed by atoms with Crippen LogP contribution >= 0.6 is 0 Å². The molecule has 2 aliphatic carbocycles. The third kappa shape index (κ3) is 2.64. The van der Waals surface area contributed by atoms with Crippen LogP contribution in [0.3, 0.4) is 0 Å². The van der Waals surface area contributed by atoms with Crippen LogP contribution in [0, 0.1) is 5.41 Å². The van der Waals surface area contributed by atoms with Crippen molar-refractivity contribution in [3.8, 4) is 11.3 Å². The predicted molar refractivity (Wildman–Crippen MR) is 94.5 cm³/mol. The van der Waals surface area contributed by atoms with Gasteiger partial charge in [-0.25, -0.2) is 0 Å². The second kappa shape index (κ2) is 5.85. The molecule has 0 radical (unpaired) electrons. The second-order valence-electron chi connectivity index (χ2n) is 6.91. The third-order valence-corrected chi connectivity index (χ3v) is 5.04. The van der Waals surface area contributed by atoms with Gasteiger partial charge < -0.3 is 14.6 Å². The summed E-state index contributed by atoms with van der Waals surface area (Å²) in [5, 5.41) is 19.7. The monoisotopic (exact) mass is 389 g/mol. The smallest absolute Gasteiger partial charge is 0.418 e. The van der Waals surface area contributed by atoms with E-state index in [1.807, 2.05) is 0 Å². The van der Waals surface area contributed by atoms with Crippen molar-refractivity contribution in [3.05, 3.63) is 81.4 Å². The Kier molecular flexibility index (Phi) is 3.78. The van der Waals surface area contributed by atoms with Crippen LogP contribution in [0.25, 0.3) is 17.3 Å². The maximum atomic E-state index is 13.4. The van der Waals surface area contributed by atoms with Crippen LogP contribution < -0.4 is 5.43 Å². The molecule has 0 aliphatic heterocycles. The molecule has 2 heterocycles. The summed E-state index contributed by atoms with van der Waals surface area (Å²) < 4.78 is 45.6. The van der Waals surface area contributed by atoms with E-state index in [9.17, 15) is 28.2 Å². The average molecular weight is 389 g/mol. The molecule has 0 aromatic carbocycles. The van der Waals surface area contributed by atoms with Gasteiger partial charge in [0.15, 0.2) is 16.9 Å². The fraction of sp³-hybridized carbons (Fsp3) is 0.200. The van der Waals surface area contributed by atoms with Crippen molar-refractivity contribution >= 4 is 6.08 Å². The van der Waals surface area contributed by atoms with Crippen molar-refractivity contribution in [3.63, 3.8) is 0 Å². The molecule has 0 bridgehead atoms. The Bertz CT molecular complexity index is 1130. The minimum Gasteiger partial charge on any atom is -0.504 e. The molecule has 2 aromatic rings. The summed E-state index contributed by atoms with van der Waals surface area (Å²) in [6.07, 6.45) is 3.34. The minimum absolute atomic E-state index is 0.0941. The number of allylic oxidation sites excluding steroid dienone is 3. The number of hydrogen-bond donors (Lipinski definition) is 2. The van der Waals surface area contributed by atoms with Gasteiger partial charge in [-0.2, -0.15) is 13.2 Å². The Balaban J connectivity index is 1.97. The lowest BCUT2D eigenvalue weighted by Crippen LogP contribution is -2.32. The first-order valence-corrected chi connectivity index (χ1v) is 8.32. The highest BCUT2D eigenvalue weighted by Crippen LogP contribution is 2.48. The van der Waals surface area contributed by atoms with Crippen molar-refractivity contribution in [2.75, 3.05) is 0 Å². The summed E-state index contributed by atoms with van der Waals surface area (Å²) in [4.78, 5) is 16.9. The normalized spacial score (nSPS) is 23.5. The summed E-state index contributed by atoms with van der Waals surface area (Å²) in [6.45, 7) is 1.73. The number of aromatic nitrogens is 1. The molecule has 8 heteroatoms. The Labute approximate surface area is 156 Å². The molecule has 144 valence electrons. The summed E-state index contributed by atoms with van der Waals surface area (Å²) in [6, 6.07) is 1.99. The van der Waals surface area contributed by atoms with Gasteiger partial charge in [-0.1, -0.05) is 13.0 Å². The Morgan fingerprint density at radius 3 is 2.71 bits per heavy atom. The van der Waals surface area contributed by atoms with E-state index in [0.29, 0.717) is 0 Å². The highest BCUT2D eigenvalue weighted by Gasteiger charge is 2.42. The molecule has 2 aromatic heterocycles. The van der Waals surface area contributed by atoms with Gasteiger partial charge in [-0.15, -0.1) is 0 Å². The summed E-state index contributed by atoms with van der Waals surface area (Å²) in [5.41, 5.74) is -3.33. The number of hydrogen-bond acceptors (Lipinski definition) is 5. The van der Waals surface area contributed by atoms with Gasteiger partial charge in [0.25, 0.3) is 0 Å². The van der Waals surface area contributed by atoms with Gasteiger partial charge in [0.2, 0.25) is 0 Å². The van der Waals surface area contributed by atoms with Gasteiger partial charge in [0.05, 0.1) is 22.4 Å². The third-order valence-electron chi connectivity index (χ3n) is 5.04. The fourth-order valence-electron chi connectivity index (χ4n) is 3.61. The summed E-state index contributed by atoms with van der Waals surface area (Å²) in [7, 11) is 0. The van der Waals surface area contributed by atoms with Gasteiger partial charge in [-0.3, -0.25) is 9.78 Å². The molecule has 5 nitrogen and oxygen atoms in total. The molecule has 0 saturated carbocycles. The predicted octanol–water partition coefficient (Wildman–Crippen LogP) is 4.73. The number of halogens is 3. The van der Waals surface area contributed by atoms with Gasteiger partial charge in [0.1, 0.15) is 12.0 Å². The SMILES string of the molecule is CC12C=Cc3occ(-c4ncccc4C(F)(F)F)c(=O)c3C1C=C(O)C(O)=C2. The van der Waals surface area contributed by atoms with Crippen molar-refractivity contribution in [1.29, 1.82) is 0 Å². The fourth-order valence-corrected chi connectivity index (χ4v) is 3.61.